The van der Waals surface area contributed by atoms with E-state index in [1.165, 1.54) is 0 Å². The minimum absolute atomic E-state index is 0.609. The molecule has 4 heteroatoms. The molecule has 60 valence electrons. The molecular weight excluding hydrogens is 220 g/mol. The molecule has 0 bridgehead atoms. The summed E-state index contributed by atoms with van der Waals surface area (Å²) >= 11 is 3.27. The molecule has 0 spiro atoms. The van der Waals surface area contributed by atoms with Crippen LogP contribution in [-0.2, 0) is 0 Å². The van der Waals surface area contributed by atoms with Crippen LogP contribution in [-0.4, -0.2) is 9.97 Å². The van der Waals surface area contributed by atoms with Gasteiger partial charge in [0, 0.05) is 11.8 Å². The molecule has 0 radical (unpaired) electrons. The van der Waals surface area contributed by atoms with E-state index in [1.807, 2.05) is 12.1 Å². The van der Waals surface area contributed by atoms with E-state index in [9.17, 15) is 0 Å². The molecular formula is C8H5BrN2O. The summed E-state index contributed by atoms with van der Waals surface area (Å²) < 4.78 is 5.89. The first-order chi connectivity index (χ1) is 5.86. The number of pyridine rings is 1. The first kappa shape index (κ1) is 7.49. The van der Waals surface area contributed by atoms with Crippen LogP contribution in [0.25, 0.3) is 11.5 Å². The zero-order chi connectivity index (χ0) is 8.39. The first-order valence-electron chi connectivity index (χ1n) is 3.38. The second-order valence-corrected chi connectivity index (χ2v) is 3.02. The molecule has 2 rings (SSSR count). The minimum Gasteiger partial charge on any atom is -0.445 e. The molecule has 0 fully saturated rings. The number of nitrogens with zero attached hydrogens (tertiary/aromatic N) is 2. The van der Waals surface area contributed by atoms with Crippen molar-refractivity contribution < 1.29 is 4.42 Å². The Balaban J connectivity index is 2.48. The van der Waals surface area contributed by atoms with Gasteiger partial charge in [-0.1, -0.05) is 0 Å². The third-order valence-corrected chi connectivity index (χ3v) is 1.84. The van der Waals surface area contributed by atoms with Crippen LogP contribution in [0.5, 0.6) is 0 Å². The van der Waals surface area contributed by atoms with E-state index in [-0.39, 0.29) is 0 Å². The Bertz CT molecular complexity index is 372. The van der Waals surface area contributed by atoms with Crippen molar-refractivity contribution in [3.05, 3.63) is 35.4 Å². The lowest BCUT2D eigenvalue weighted by Crippen LogP contribution is -1.78. The SMILES string of the molecule is Brc1cc(-c2ncco2)ccn1. The summed E-state index contributed by atoms with van der Waals surface area (Å²) in [7, 11) is 0. The van der Waals surface area contributed by atoms with E-state index in [0.29, 0.717) is 5.89 Å². The van der Waals surface area contributed by atoms with Crippen LogP contribution in [0.4, 0.5) is 0 Å². The topological polar surface area (TPSA) is 38.9 Å². The van der Waals surface area contributed by atoms with Crippen LogP contribution in [0, 0.1) is 0 Å². The van der Waals surface area contributed by atoms with E-state index >= 15 is 0 Å². The van der Waals surface area contributed by atoms with Gasteiger partial charge in [-0.05, 0) is 28.1 Å². The predicted octanol–water partition coefficient (Wildman–Crippen LogP) is 2.50. The van der Waals surface area contributed by atoms with Crippen LogP contribution in [0.1, 0.15) is 0 Å². The van der Waals surface area contributed by atoms with Gasteiger partial charge >= 0.3 is 0 Å². The van der Waals surface area contributed by atoms with Crippen LogP contribution in [0.3, 0.4) is 0 Å². The van der Waals surface area contributed by atoms with E-state index in [1.54, 1.807) is 18.7 Å². The summed E-state index contributed by atoms with van der Waals surface area (Å²) in [5.41, 5.74) is 0.918. The smallest absolute Gasteiger partial charge is 0.226 e. The molecule has 0 N–H and O–H groups in total. The molecule has 2 aromatic rings. The van der Waals surface area contributed by atoms with E-state index in [4.69, 9.17) is 4.42 Å². The fourth-order valence-corrected chi connectivity index (χ4v) is 1.27. The van der Waals surface area contributed by atoms with Crippen LogP contribution < -0.4 is 0 Å². The largest absolute Gasteiger partial charge is 0.445 e. The summed E-state index contributed by atoms with van der Waals surface area (Å²) in [4.78, 5) is 8.01. The Morgan fingerprint density at radius 2 is 2.17 bits per heavy atom. The Morgan fingerprint density at radius 3 is 2.83 bits per heavy atom. The molecule has 2 aromatic heterocycles. The molecule has 0 aliphatic carbocycles. The monoisotopic (exact) mass is 224 g/mol. The highest BCUT2D eigenvalue weighted by Crippen LogP contribution is 2.18. The van der Waals surface area contributed by atoms with Crippen LogP contribution in [0.2, 0.25) is 0 Å². The first-order valence-corrected chi connectivity index (χ1v) is 4.17. The van der Waals surface area contributed by atoms with Crippen molar-refractivity contribution >= 4 is 15.9 Å². The Morgan fingerprint density at radius 1 is 1.25 bits per heavy atom. The fraction of sp³-hybridized carbons (Fsp3) is 0. The fourth-order valence-electron chi connectivity index (χ4n) is 0.902. The summed E-state index contributed by atoms with van der Waals surface area (Å²) in [6.07, 6.45) is 4.86. The summed E-state index contributed by atoms with van der Waals surface area (Å²) in [6, 6.07) is 3.70. The lowest BCUT2D eigenvalue weighted by atomic mass is 10.3. The molecule has 2 heterocycles. The van der Waals surface area contributed by atoms with Crippen LogP contribution in [0.15, 0.2) is 39.8 Å². The molecule has 0 atom stereocenters. The molecule has 0 aliphatic rings. The molecule has 0 amide bonds. The van der Waals surface area contributed by atoms with Gasteiger partial charge in [0.15, 0.2) is 0 Å². The van der Waals surface area contributed by atoms with Gasteiger partial charge < -0.3 is 4.42 Å². The van der Waals surface area contributed by atoms with Gasteiger partial charge in [-0.2, -0.15) is 0 Å². The molecule has 12 heavy (non-hydrogen) atoms. The second-order valence-electron chi connectivity index (χ2n) is 2.20. The van der Waals surface area contributed by atoms with Crippen molar-refractivity contribution in [2.45, 2.75) is 0 Å². The molecule has 0 aromatic carbocycles. The maximum Gasteiger partial charge on any atom is 0.226 e. The molecule has 0 unspecified atom stereocenters. The standard InChI is InChI=1S/C8H5BrN2O/c9-7-5-6(1-2-10-7)8-11-3-4-12-8/h1-5H. The average molecular weight is 225 g/mol. The lowest BCUT2D eigenvalue weighted by molar-refractivity contribution is 0.574. The minimum atomic E-state index is 0.609. The molecule has 0 aliphatic heterocycles. The summed E-state index contributed by atoms with van der Waals surface area (Å²) in [5, 5.41) is 0. The van der Waals surface area contributed by atoms with Crippen molar-refractivity contribution in [1.82, 2.24) is 9.97 Å². The maximum absolute atomic E-state index is 5.11. The number of hydrogen-bond acceptors (Lipinski definition) is 3. The van der Waals surface area contributed by atoms with Gasteiger partial charge in [0.25, 0.3) is 0 Å². The summed E-state index contributed by atoms with van der Waals surface area (Å²) in [5.74, 6) is 0.609. The number of rotatable bonds is 1. The molecule has 0 saturated carbocycles. The van der Waals surface area contributed by atoms with Gasteiger partial charge in [0.1, 0.15) is 10.9 Å². The van der Waals surface area contributed by atoms with Crippen molar-refractivity contribution in [3.63, 3.8) is 0 Å². The Kier molecular flexibility index (Phi) is 1.91. The van der Waals surface area contributed by atoms with Crippen molar-refractivity contribution in [3.8, 4) is 11.5 Å². The summed E-state index contributed by atoms with van der Waals surface area (Å²) in [6.45, 7) is 0. The van der Waals surface area contributed by atoms with E-state index in [2.05, 4.69) is 25.9 Å². The van der Waals surface area contributed by atoms with E-state index < -0.39 is 0 Å². The van der Waals surface area contributed by atoms with Gasteiger partial charge in [0.2, 0.25) is 5.89 Å². The van der Waals surface area contributed by atoms with Gasteiger partial charge in [-0.3, -0.25) is 0 Å². The van der Waals surface area contributed by atoms with Crippen molar-refractivity contribution in [2.75, 3.05) is 0 Å². The highest BCUT2D eigenvalue weighted by Gasteiger charge is 2.01. The third-order valence-electron chi connectivity index (χ3n) is 1.41. The van der Waals surface area contributed by atoms with Gasteiger partial charge in [0.05, 0.1) is 6.20 Å². The lowest BCUT2D eigenvalue weighted by Gasteiger charge is -1.93. The highest BCUT2D eigenvalue weighted by molar-refractivity contribution is 9.10. The number of oxazole rings is 1. The van der Waals surface area contributed by atoms with Crippen LogP contribution >= 0.6 is 15.9 Å². The Labute approximate surface area is 77.6 Å². The molecule has 0 saturated heterocycles. The molecule has 3 nitrogen and oxygen atoms in total. The quantitative estimate of drug-likeness (QED) is 0.700. The zero-order valence-corrected chi connectivity index (χ0v) is 7.65. The normalized spacial score (nSPS) is 10.1. The van der Waals surface area contributed by atoms with Crippen molar-refractivity contribution in [2.24, 2.45) is 0 Å². The number of hydrogen-bond donors (Lipinski definition) is 0. The van der Waals surface area contributed by atoms with Gasteiger partial charge in [-0.15, -0.1) is 0 Å². The average Bonchev–Trinajstić information content (AvgIpc) is 2.56. The van der Waals surface area contributed by atoms with Gasteiger partial charge in [-0.25, -0.2) is 9.97 Å². The zero-order valence-electron chi connectivity index (χ0n) is 6.07. The number of halogens is 1. The van der Waals surface area contributed by atoms with E-state index in [0.717, 1.165) is 10.2 Å². The second kappa shape index (κ2) is 3.06. The van der Waals surface area contributed by atoms with Crippen molar-refractivity contribution in [1.29, 1.82) is 0 Å². The predicted molar refractivity (Wildman–Crippen MR) is 47.4 cm³/mol. The number of aromatic nitrogens is 2. The maximum atomic E-state index is 5.11. The highest BCUT2D eigenvalue weighted by atomic mass is 79.9. The third kappa shape index (κ3) is 1.38. The Hall–Kier alpha value is -1.16.